The van der Waals surface area contributed by atoms with Crippen molar-refractivity contribution in [1.82, 2.24) is 10.0 Å². The molecule has 0 aliphatic carbocycles. The van der Waals surface area contributed by atoms with Crippen molar-refractivity contribution in [1.29, 1.82) is 0 Å². The first-order valence-electron chi connectivity index (χ1n) is 7.45. The van der Waals surface area contributed by atoms with Crippen LogP contribution in [0.1, 0.15) is 40.5 Å². The van der Waals surface area contributed by atoms with Crippen LogP contribution in [0.4, 0.5) is 0 Å². The molecule has 0 bridgehead atoms. The van der Waals surface area contributed by atoms with E-state index in [1.165, 1.54) is 37.4 Å². The van der Waals surface area contributed by atoms with Crippen LogP contribution in [0.3, 0.4) is 0 Å². The summed E-state index contributed by atoms with van der Waals surface area (Å²) in [5.41, 5.74) is 0. The SMILES string of the molecule is CCC1C(C)SCCN1N1CCSC(C)C1CC. The van der Waals surface area contributed by atoms with Gasteiger partial charge in [-0.1, -0.05) is 27.7 Å². The normalized spacial score (nSPS) is 40.0. The third-order valence-electron chi connectivity index (χ3n) is 4.42. The second-order valence-electron chi connectivity index (χ2n) is 5.43. The molecule has 0 spiro atoms. The Kier molecular flexibility index (Phi) is 5.73. The van der Waals surface area contributed by atoms with Gasteiger partial charge in [-0.05, 0) is 12.8 Å². The molecule has 2 nitrogen and oxygen atoms in total. The third kappa shape index (κ3) is 3.02. The van der Waals surface area contributed by atoms with Crippen molar-refractivity contribution in [3.63, 3.8) is 0 Å². The highest BCUT2D eigenvalue weighted by atomic mass is 32.2. The van der Waals surface area contributed by atoms with Crippen molar-refractivity contribution < 1.29 is 0 Å². The van der Waals surface area contributed by atoms with Crippen LogP contribution >= 0.6 is 23.5 Å². The second-order valence-corrected chi connectivity index (χ2v) is 8.40. The molecule has 0 aromatic rings. The molecular formula is C14H28N2S2. The van der Waals surface area contributed by atoms with Crippen LogP contribution in [-0.4, -0.2) is 57.2 Å². The minimum Gasteiger partial charge on any atom is -0.236 e. The maximum Gasteiger partial charge on any atom is 0.0359 e. The van der Waals surface area contributed by atoms with E-state index in [0.29, 0.717) is 0 Å². The van der Waals surface area contributed by atoms with E-state index in [-0.39, 0.29) is 0 Å². The van der Waals surface area contributed by atoms with Gasteiger partial charge in [-0.2, -0.15) is 23.5 Å². The Hall–Kier alpha value is 0.620. The molecule has 2 heterocycles. The highest BCUT2D eigenvalue weighted by Gasteiger charge is 2.37. The van der Waals surface area contributed by atoms with Gasteiger partial charge in [0.05, 0.1) is 0 Å². The fourth-order valence-corrected chi connectivity index (χ4v) is 5.86. The van der Waals surface area contributed by atoms with Crippen LogP contribution in [0.5, 0.6) is 0 Å². The fraction of sp³-hybridized carbons (Fsp3) is 1.00. The lowest BCUT2D eigenvalue weighted by atomic mass is 10.1. The highest BCUT2D eigenvalue weighted by molar-refractivity contribution is 8.00. The number of hydrogen-bond acceptors (Lipinski definition) is 4. The van der Waals surface area contributed by atoms with Gasteiger partial charge in [0.15, 0.2) is 0 Å². The predicted octanol–water partition coefficient (Wildman–Crippen LogP) is 3.33. The standard InChI is InChI=1S/C14H28N2S2/c1-5-13-11(3)17-9-7-15(13)16-8-10-18-12(4)14(16)6-2/h11-14H,5-10H2,1-4H3. The van der Waals surface area contributed by atoms with Crippen LogP contribution in [0.25, 0.3) is 0 Å². The monoisotopic (exact) mass is 288 g/mol. The number of rotatable bonds is 3. The number of hydrogen-bond donors (Lipinski definition) is 0. The van der Waals surface area contributed by atoms with E-state index < -0.39 is 0 Å². The Morgan fingerprint density at radius 1 is 0.833 bits per heavy atom. The van der Waals surface area contributed by atoms with Crippen LogP contribution in [0, 0.1) is 0 Å². The number of nitrogens with zero attached hydrogens (tertiary/aromatic N) is 2. The zero-order chi connectivity index (χ0) is 13.1. The van der Waals surface area contributed by atoms with Gasteiger partial charge in [0.25, 0.3) is 0 Å². The molecule has 2 saturated heterocycles. The van der Waals surface area contributed by atoms with Gasteiger partial charge in [-0.15, -0.1) is 0 Å². The second kappa shape index (κ2) is 6.87. The van der Waals surface area contributed by atoms with E-state index in [4.69, 9.17) is 0 Å². The Balaban J connectivity index is 2.11. The van der Waals surface area contributed by atoms with Crippen LogP contribution < -0.4 is 0 Å². The predicted molar refractivity (Wildman–Crippen MR) is 85.4 cm³/mol. The third-order valence-corrected chi connectivity index (χ3v) is 6.93. The molecule has 0 saturated carbocycles. The van der Waals surface area contributed by atoms with Crippen LogP contribution in [-0.2, 0) is 0 Å². The summed E-state index contributed by atoms with van der Waals surface area (Å²) in [4.78, 5) is 0. The average molecular weight is 289 g/mol. The molecule has 0 N–H and O–H groups in total. The first kappa shape index (κ1) is 15.0. The maximum atomic E-state index is 2.73. The molecule has 18 heavy (non-hydrogen) atoms. The van der Waals surface area contributed by atoms with Crippen molar-refractivity contribution in [2.24, 2.45) is 0 Å². The summed E-state index contributed by atoms with van der Waals surface area (Å²) < 4.78 is 0. The van der Waals surface area contributed by atoms with Gasteiger partial charge < -0.3 is 0 Å². The quantitative estimate of drug-likeness (QED) is 0.785. The van der Waals surface area contributed by atoms with Crippen molar-refractivity contribution >= 4 is 23.5 Å². The molecule has 4 unspecified atom stereocenters. The van der Waals surface area contributed by atoms with Gasteiger partial charge in [0, 0.05) is 47.2 Å². The molecule has 0 amide bonds. The summed E-state index contributed by atoms with van der Waals surface area (Å²) in [6, 6.07) is 1.49. The molecule has 106 valence electrons. The van der Waals surface area contributed by atoms with E-state index in [1.54, 1.807) is 0 Å². The molecule has 2 rings (SSSR count). The molecule has 2 aliphatic rings. The zero-order valence-electron chi connectivity index (χ0n) is 12.3. The average Bonchev–Trinajstić information content (AvgIpc) is 2.38. The number of thioether (sulfide) groups is 2. The summed E-state index contributed by atoms with van der Waals surface area (Å²) >= 11 is 4.31. The first-order chi connectivity index (χ1) is 8.69. The number of hydrazine groups is 1. The highest BCUT2D eigenvalue weighted by Crippen LogP contribution is 2.33. The van der Waals surface area contributed by atoms with Gasteiger partial charge in [-0.3, -0.25) is 0 Å². The van der Waals surface area contributed by atoms with E-state index in [9.17, 15) is 0 Å². The Labute approximate surface area is 121 Å². The van der Waals surface area contributed by atoms with E-state index in [1.807, 2.05) is 0 Å². The zero-order valence-corrected chi connectivity index (χ0v) is 13.9. The van der Waals surface area contributed by atoms with E-state index in [0.717, 1.165) is 22.6 Å². The minimum absolute atomic E-state index is 0.744. The lowest BCUT2D eigenvalue weighted by molar-refractivity contribution is -0.0897. The molecule has 0 aromatic carbocycles. The topological polar surface area (TPSA) is 6.48 Å². The van der Waals surface area contributed by atoms with Crippen molar-refractivity contribution in [2.45, 2.75) is 63.1 Å². The first-order valence-corrected chi connectivity index (χ1v) is 9.55. The fourth-order valence-electron chi connectivity index (χ4n) is 3.43. The molecule has 2 fully saturated rings. The van der Waals surface area contributed by atoms with Gasteiger partial charge in [0.1, 0.15) is 0 Å². The lowest BCUT2D eigenvalue weighted by Crippen LogP contribution is -2.61. The van der Waals surface area contributed by atoms with Gasteiger partial charge >= 0.3 is 0 Å². The Morgan fingerprint density at radius 2 is 1.22 bits per heavy atom. The summed E-state index contributed by atoms with van der Waals surface area (Å²) in [7, 11) is 0. The van der Waals surface area contributed by atoms with Crippen molar-refractivity contribution in [3.05, 3.63) is 0 Å². The molecular weight excluding hydrogens is 260 g/mol. The summed E-state index contributed by atoms with van der Waals surface area (Å²) in [5, 5.41) is 7.02. The van der Waals surface area contributed by atoms with Crippen molar-refractivity contribution in [2.75, 3.05) is 24.6 Å². The molecule has 4 heteroatoms. The minimum atomic E-state index is 0.744. The smallest absolute Gasteiger partial charge is 0.0359 e. The van der Waals surface area contributed by atoms with Crippen LogP contribution in [0.2, 0.25) is 0 Å². The van der Waals surface area contributed by atoms with Crippen LogP contribution in [0.15, 0.2) is 0 Å². The van der Waals surface area contributed by atoms with E-state index >= 15 is 0 Å². The lowest BCUT2D eigenvalue weighted by Gasteiger charge is -2.51. The van der Waals surface area contributed by atoms with Gasteiger partial charge in [-0.25, -0.2) is 10.0 Å². The molecule has 2 aliphatic heterocycles. The Bertz CT molecular complexity index is 236. The Morgan fingerprint density at radius 3 is 1.56 bits per heavy atom. The van der Waals surface area contributed by atoms with E-state index in [2.05, 4.69) is 61.2 Å². The van der Waals surface area contributed by atoms with Gasteiger partial charge in [0.2, 0.25) is 0 Å². The molecule has 0 aromatic heterocycles. The summed E-state index contributed by atoms with van der Waals surface area (Å²) in [6.45, 7) is 12.0. The van der Waals surface area contributed by atoms with Crippen molar-refractivity contribution in [3.8, 4) is 0 Å². The molecule has 0 radical (unpaired) electrons. The maximum absolute atomic E-state index is 2.73. The molecule has 4 atom stereocenters. The summed E-state index contributed by atoms with van der Waals surface area (Å²) in [5.74, 6) is 2.60. The summed E-state index contributed by atoms with van der Waals surface area (Å²) in [6.07, 6.45) is 2.56. The largest absolute Gasteiger partial charge is 0.236 e.